The normalized spacial score (nSPS) is 15.0. The highest BCUT2D eigenvalue weighted by molar-refractivity contribution is 5.95. The van der Waals surface area contributed by atoms with Crippen LogP contribution in [0.2, 0.25) is 0 Å². The lowest BCUT2D eigenvalue weighted by Crippen LogP contribution is -2.37. The Bertz CT molecular complexity index is 736. The maximum Gasteiger partial charge on any atom is 0.253 e. The third-order valence-corrected chi connectivity index (χ3v) is 5.15. The number of amides is 1. The highest BCUT2D eigenvalue weighted by Crippen LogP contribution is 2.16. The summed E-state index contributed by atoms with van der Waals surface area (Å²) in [7, 11) is 0. The summed E-state index contributed by atoms with van der Waals surface area (Å²) in [4.78, 5) is 19.4. The second-order valence-corrected chi connectivity index (χ2v) is 7.11. The second-order valence-electron chi connectivity index (χ2n) is 7.11. The smallest absolute Gasteiger partial charge is 0.253 e. The zero-order chi connectivity index (χ0) is 19.1. The number of ether oxygens (including phenoxy) is 1. The summed E-state index contributed by atoms with van der Waals surface area (Å²) in [6.07, 6.45) is 3.89. The molecule has 0 aromatic carbocycles. The van der Waals surface area contributed by atoms with Crippen LogP contribution in [0.3, 0.4) is 0 Å². The van der Waals surface area contributed by atoms with Gasteiger partial charge in [-0.1, -0.05) is 6.07 Å². The fourth-order valence-electron chi connectivity index (χ4n) is 3.51. The predicted molar refractivity (Wildman–Crippen MR) is 106 cm³/mol. The molecule has 0 saturated carbocycles. The number of hydrogen-bond donors (Lipinski definition) is 1. The van der Waals surface area contributed by atoms with Gasteiger partial charge in [-0.15, -0.1) is 0 Å². The number of unbranched alkanes of at least 4 members (excludes halogenated alkanes) is 1. The molecule has 27 heavy (non-hydrogen) atoms. The van der Waals surface area contributed by atoms with Gasteiger partial charge in [0.05, 0.1) is 31.0 Å². The van der Waals surface area contributed by atoms with Crippen LogP contribution in [0.15, 0.2) is 30.5 Å². The minimum absolute atomic E-state index is 0.0155. The van der Waals surface area contributed by atoms with E-state index < -0.39 is 0 Å². The van der Waals surface area contributed by atoms with Crippen molar-refractivity contribution in [2.24, 2.45) is 0 Å². The molecule has 0 aliphatic carbocycles. The summed E-state index contributed by atoms with van der Waals surface area (Å²) in [6.45, 7) is 10.2. The summed E-state index contributed by atoms with van der Waals surface area (Å²) in [5.41, 5.74) is 3.82. The topological polar surface area (TPSA) is 59.4 Å². The number of nitrogens with zero attached hydrogens (tertiary/aromatic N) is 3. The number of carbonyl (C=O) groups is 1. The number of pyridine rings is 1. The van der Waals surface area contributed by atoms with E-state index in [4.69, 9.17) is 4.74 Å². The van der Waals surface area contributed by atoms with Gasteiger partial charge in [0.25, 0.3) is 5.91 Å². The summed E-state index contributed by atoms with van der Waals surface area (Å²) >= 11 is 0. The minimum Gasteiger partial charge on any atom is -0.379 e. The maximum absolute atomic E-state index is 12.6. The molecule has 6 heteroatoms. The Morgan fingerprint density at radius 3 is 2.78 bits per heavy atom. The van der Waals surface area contributed by atoms with Crippen molar-refractivity contribution in [2.45, 2.75) is 33.2 Å². The first-order valence-corrected chi connectivity index (χ1v) is 9.80. The number of morpholine rings is 1. The molecule has 1 fully saturated rings. The molecule has 1 amide bonds. The third-order valence-electron chi connectivity index (χ3n) is 5.15. The van der Waals surface area contributed by atoms with Crippen molar-refractivity contribution in [3.05, 3.63) is 53.1 Å². The minimum atomic E-state index is 0.0155. The quantitative estimate of drug-likeness (QED) is 0.725. The van der Waals surface area contributed by atoms with Crippen molar-refractivity contribution in [2.75, 3.05) is 39.4 Å². The number of carbonyl (C=O) groups excluding carboxylic acids is 1. The maximum atomic E-state index is 12.6. The van der Waals surface area contributed by atoms with E-state index in [1.807, 2.05) is 38.1 Å². The van der Waals surface area contributed by atoms with Gasteiger partial charge in [0.2, 0.25) is 0 Å². The van der Waals surface area contributed by atoms with E-state index in [9.17, 15) is 4.79 Å². The Morgan fingerprint density at radius 1 is 1.22 bits per heavy atom. The van der Waals surface area contributed by atoms with Crippen molar-refractivity contribution in [1.82, 2.24) is 19.8 Å². The lowest BCUT2D eigenvalue weighted by molar-refractivity contribution is 0.0372. The molecule has 2 aromatic heterocycles. The van der Waals surface area contributed by atoms with E-state index in [0.29, 0.717) is 13.1 Å². The first-order valence-electron chi connectivity index (χ1n) is 9.80. The highest BCUT2D eigenvalue weighted by Gasteiger charge is 2.16. The van der Waals surface area contributed by atoms with E-state index in [0.717, 1.165) is 68.3 Å². The van der Waals surface area contributed by atoms with E-state index in [-0.39, 0.29) is 5.91 Å². The average molecular weight is 370 g/mol. The summed E-state index contributed by atoms with van der Waals surface area (Å²) in [6, 6.07) is 7.88. The van der Waals surface area contributed by atoms with Gasteiger partial charge >= 0.3 is 0 Å². The van der Waals surface area contributed by atoms with Crippen LogP contribution in [-0.2, 0) is 11.3 Å². The molecule has 3 heterocycles. The summed E-state index contributed by atoms with van der Waals surface area (Å²) in [5.74, 6) is 0.0155. The molecule has 0 atom stereocenters. The number of aromatic nitrogens is 2. The van der Waals surface area contributed by atoms with Crippen LogP contribution in [-0.4, -0.2) is 59.8 Å². The Hall–Kier alpha value is -2.18. The van der Waals surface area contributed by atoms with E-state index in [2.05, 4.69) is 19.8 Å². The van der Waals surface area contributed by atoms with Crippen molar-refractivity contribution in [3.63, 3.8) is 0 Å². The Labute approximate surface area is 161 Å². The molecule has 6 nitrogen and oxygen atoms in total. The zero-order valence-corrected chi connectivity index (χ0v) is 16.4. The van der Waals surface area contributed by atoms with Crippen LogP contribution in [0.4, 0.5) is 0 Å². The first-order chi connectivity index (χ1) is 13.1. The molecule has 2 aromatic rings. The van der Waals surface area contributed by atoms with E-state index in [1.165, 1.54) is 0 Å². The molecular weight excluding hydrogens is 340 g/mol. The van der Waals surface area contributed by atoms with E-state index >= 15 is 0 Å². The van der Waals surface area contributed by atoms with Gasteiger partial charge in [-0.3, -0.25) is 14.7 Å². The average Bonchev–Trinajstić information content (AvgIpc) is 2.97. The van der Waals surface area contributed by atoms with Crippen molar-refractivity contribution >= 4 is 5.91 Å². The Morgan fingerprint density at radius 2 is 2.04 bits per heavy atom. The molecule has 0 unspecified atom stereocenters. The van der Waals surface area contributed by atoms with Crippen molar-refractivity contribution in [3.8, 4) is 0 Å². The fourth-order valence-corrected chi connectivity index (χ4v) is 3.51. The molecule has 1 N–H and O–H groups in total. The highest BCUT2D eigenvalue weighted by atomic mass is 16.5. The van der Waals surface area contributed by atoms with Crippen LogP contribution < -0.4 is 5.32 Å². The molecule has 146 valence electrons. The second kappa shape index (κ2) is 9.67. The lowest BCUT2D eigenvalue weighted by Gasteiger charge is -2.26. The van der Waals surface area contributed by atoms with E-state index in [1.54, 1.807) is 6.20 Å². The fraction of sp³-hybridized carbons (Fsp3) is 0.524. The number of aryl methyl sites for hydroxylation is 1. The Balaban J connectivity index is 1.47. The van der Waals surface area contributed by atoms with Crippen LogP contribution in [0.25, 0.3) is 0 Å². The molecule has 1 saturated heterocycles. The number of hydrogen-bond acceptors (Lipinski definition) is 4. The summed E-state index contributed by atoms with van der Waals surface area (Å²) < 4.78 is 7.51. The van der Waals surface area contributed by atoms with Crippen molar-refractivity contribution < 1.29 is 9.53 Å². The lowest BCUT2D eigenvalue weighted by atomic mass is 10.2. The molecule has 1 aliphatic heterocycles. The Kier molecular flexibility index (Phi) is 7.01. The van der Waals surface area contributed by atoms with Crippen LogP contribution >= 0.6 is 0 Å². The van der Waals surface area contributed by atoms with Crippen molar-refractivity contribution in [1.29, 1.82) is 0 Å². The van der Waals surface area contributed by atoms with Gasteiger partial charge in [0.15, 0.2) is 0 Å². The number of nitrogens with one attached hydrogen (secondary N) is 1. The van der Waals surface area contributed by atoms with Gasteiger partial charge in [-0.05, 0) is 51.4 Å². The van der Waals surface area contributed by atoms with Gasteiger partial charge in [0.1, 0.15) is 0 Å². The van der Waals surface area contributed by atoms with Gasteiger partial charge in [-0.25, -0.2) is 0 Å². The molecule has 3 rings (SSSR count). The third kappa shape index (κ3) is 5.40. The van der Waals surface area contributed by atoms with Crippen LogP contribution in [0.5, 0.6) is 0 Å². The van der Waals surface area contributed by atoms with Crippen LogP contribution in [0, 0.1) is 13.8 Å². The van der Waals surface area contributed by atoms with Gasteiger partial charge in [-0.2, -0.15) is 0 Å². The van der Waals surface area contributed by atoms with Gasteiger partial charge < -0.3 is 14.6 Å². The first kappa shape index (κ1) is 19.6. The molecular formula is C21H30N4O2. The zero-order valence-electron chi connectivity index (χ0n) is 16.4. The molecule has 0 bridgehead atoms. The molecule has 0 spiro atoms. The van der Waals surface area contributed by atoms with Gasteiger partial charge in [0, 0.05) is 37.2 Å². The standard InChI is InChI=1S/C21H30N4O2/c1-17-15-20(18(2)25(17)16-19-7-3-4-8-22-19)21(26)23-9-5-6-10-24-11-13-27-14-12-24/h3-4,7-8,15H,5-6,9-14,16H2,1-2H3,(H,23,26). The predicted octanol–water partition coefficient (Wildman–Crippen LogP) is 2.39. The summed E-state index contributed by atoms with van der Waals surface area (Å²) in [5, 5.41) is 3.07. The SMILES string of the molecule is Cc1cc(C(=O)NCCCCN2CCOCC2)c(C)n1Cc1ccccn1. The molecule has 1 aliphatic rings. The monoisotopic (exact) mass is 370 g/mol. The largest absolute Gasteiger partial charge is 0.379 e. The van der Waals surface area contributed by atoms with Crippen LogP contribution in [0.1, 0.15) is 40.3 Å². The number of rotatable bonds is 8. The molecule has 0 radical (unpaired) electrons.